The van der Waals surface area contributed by atoms with E-state index in [1.807, 2.05) is 30.4 Å². The molecule has 3 heterocycles. The minimum atomic E-state index is 0.0739. The van der Waals surface area contributed by atoms with Gasteiger partial charge in [0.25, 0.3) is 0 Å². The Morgan fingerprint density at radius 3 is 2.65 bits per heavy atom. The Bertz CT molecular complexity index is 888. The largest absolute Gasteiger partial charge is 0.368 e. The lowest BCUT2D eigenvalue weighted by atomic mass is 9.98. The third-order valence-corrected chi connectivity index (χ3v) is 6.03. The van der Waals surface area contributed by atoms with E-state index in [4.69, 9.17) is 15.7 Å². The highest BCUT2D eigenvalue weighted by molar-refractivity contribution is 7.19. The molecular weight excluding hydrogens is 342 g/mol. The van der Waals surface area contributed by atoms with Gasteiger partial charge in [0.2, 0.25) is 0 Å². The van der Waals surface area contributed by atoms with Crippen molar-refractivity contribution in [3.05, 3.63) is 35.0 Å². The Kier molecular flexibility index (Phi) is 5.13. The van der Waals surface area contributed by atoms with Gasteiger partial charge in [0, 0.05) is 35.4 Å². The Hall–Kier alpha value is -2.05. The lowest BCUT2D eigenvalue weighted by Crippen LogP contribution is -2.25. The molecule has 0 unspecified atom stereocenters. The summed E-state index contributed by atoms with van der Waals surface area (Å²) in [5.74, 6) is 1.68. The van der Waals surface area contributed by atoms with E-state index >= 15 is 0 Å². The molecule has 0 aliphatic heterocycles. The average molecular weight is 368 g/mol. The first-order valence-corrected chi connectivity index (χ1v) is 10.3. The molecule has 1 atom stereocenters. The van der Waals surface area contributed by atoms with Crippen molar-refractivity contribution < 1.29 is 0 Å². The fourth-order valence-corrected chi connectivity index (χ4v) is 4.79. The van der Waals surface area contributed by atoms with E-state index in [0.717, 1.165) is 34.9 Å². The predicted molar refractivity (Wildman–Crippen MR) is 109 cm³/mol. The van der Waals surface area contributed by atoms with Gasteiger partial charge in [-0.2, -0.15) is 0 Å². The molecule has 6 heteroatoms. The number of fused-ring (bicyclic) bond motifs is 3. The molecule has 136 valence electrons. The van der Waals surface area contributed by atoms with Gasteiger partial charge in [-0.3, -0.25) is 4.98 Å². The van der Waals surface area contributed by atoms with Gasteiger partial charge >= 0.3 is 0 Å². The number of aromatic nitrogens is 3. The van der Waals surface area contributed by atoms with E-state index in [1.165, 1.54) is 41.5 Å². The fraction of sp³-hybridized carbons (Fsp3) is 0.450. The topological polar surface area (TPSA) is 76.7 Å². The minimum Gasteiger partial charge on any atom is -0.368 e. The molecule has 0 spiro atoms. The number of nitrogens with one attached hydrogen (secondary N) is 1. The Labute approximate surface area is 158 Å². The molecule has 26 heavy (non-hydrogen) atoms. The lowest BCUT2D eigenvalue weighted by Gasteiger charge is -2.13. The first-order chi connectivity index (χ1) is 12.7. The highest BCUT2D eigenvalue weighted by Crippen LogP contribution is 2.38. The van der Waals surface area contributed by atoms with Crippen molar-refractivity contribution in [3.63, 3.8) is 0 Å². The van der Waals surface area contributed by atoms with Crippen LogP contribution >= 0.6 is 11.3 Å². The van der Waals surface area contributed by atoms with Crippen LogP contribution in [0, 0.1) is 0 Å². The fourth-order valence-electron chi connectivity index (χ4n) is 3.53. The number of nitrogens with zero attached hydrogens (tertiary/aromatic N) is 3. The number of hydrogen-bond acceptors (Lipinski definition) is 6. The Morgan fingerprint density at radius 1 is 1.12 bits per heavy atom. The molecule has 0 amide bonds. The van der Waals surface area contributed by atoms with E-state index in [0.29, 0.717) is 6.54 Å². The quantitative estimate of drug-likeness (QED) is 0.724. The van der Waals surface area contributed by atoms with Crippen LogP contribution in [-0.2, 0) is 12.8 Å². The van der Waals surface area contributed by atoms with E-state index in [9.17, 15) is 0 Å². The summed E-state index contributed by atoms with van der Waals surface area (Å²) in [5.41, 5.74) is 8.43. The van der Waals surface area contributed by atoms with Crippen LogP contribution in [-0.4, -0.2) is 27.5 Å². The Morgan fingerprint density at radius 2 is 1.88 bits per heavy atom. The summed E-state index contributed by atoms with van der Waals surface area (Å²) in [6.07, 6.45) is 11.0. The summed E-state index contributed by atoms with van der Waals surface area (Å²) in [5, 5.41) is 4.70. The van der Waals surface area contributed by atoms with Gasteiger partial charge in [-0.1, -0.05) is 12.8 Å². The van der Waals surface area contributed by atoms with Gasteiger partial charge in [0.1, 0.15) is 10.6 Å². The normalized spacial score (nSPS) is 15.9. The van der Waals surface area contributed by atoms with Crippen LogP contribution in [0.2, 0.25) is 0 Å². The molecule has 3 aromatic rings. The highest BCUT2D eigenvalue weighted by Gasteiger charge is 2.20. The average Bonchev–Trinajstić information content (AvgIpc) is 2.97. The summed E-state index contributed by atoms with van der Waals surface area (Å²) in [7, 11) is 0. The number of hydrogen-bond donors (Lipinski definition) is 2. The third-order valence-electron chi connectivity index (χ3n) is 4.84. The summed E-state index contributed by atoms with van der Waals surface area (Å²) >= 11 is 1.84. The van der Waals surface area contributed by atoms with Crippen LogP contribution in [0.5, 0.6) is 0 Å². The van der Waals surface area contributed by atoms with Crippen molar-refractivity contribution >= 4 is 27.4 Å². The van der Waals surface area contributed by atoms with Gasteiger partial charge in [0.15, 0.2) is 5.82 Å². The summed E-state index contributed by atoms with van der Waals surface area (Å²) in [4.78, 5) is 16.5. The molecule has 1 aliphatic carbocycles. The molecule has 4 rings (SSSR count). The molecule has 0 bridgehead atoms. The van der Waals surface area contributed by atoms with E-state index in [1.54, 1.807) is 12.4 Å². The SMILES string of the molecule is C[C@H](N)CNc1nc(-c2ccncc2)nc2sc3c(c12)CCCCCC3. The maximum atomic E-state index is 5.98. The number of aryl methyl sites for hydroxylation is 2. The number of nitrogens with two attached hydrogens (primary N) is 1. The van der Waals surface area contributed by atoms with Crippen LogP contribution in [0.15, 0.2) is 24.5 Å². The van der Waals surface area contributed by atoms with E-state index in [-0.39, 0.29) is 6.04 Å². The lowest BCUT2D eigenvalue weighted by molar-refractivity contribution is 0.624. The van der Waals surface area contributed by atoms with Crippen molar-refractivity contribution in [1.82, 2.24) is 15.0 Å². The van der Waals surface area contributed by atoms with E-state index < -0.39 is 0 Å². The predicted octanol–water partition coefficient (Wildman–Crippen LogP) is 4.17. The minimum absolute atomic E-state index is 0.0739. The first kappa shape index (κ1) is 17.4. The Balaban J connectivity index is 1.86. The van der Waals surface area contributed by atoms with Crippen LogP contribution in [0.1, 0.15) is 43.0 Å². The van der Waals surface area contributed by atoms with Crippen molar-refractivity contribution in [2.75, 3.05) is 11.9 Å². The number of anilines is 1. The smallest absolute Gasteiger partial charge is 0.163 e. The molecule has 0 saturated carbocycles. The molecule has 0 fully saturated rings. The molecule has 3 N–H and O–H groups in total. The maximum Gasteiger partial charge on any atom is 0.163 e. The van der Waals surface area contributed by atoms with Crippen LogP contribution in [0.4, 0.5) is 5.82 Å². The second-order valence-electron chi connectivity index (χ2n) is 7.09. The van der Waals surface area contributed by atoms with Gasteiger partial charge in [-0.05, 0) is 50.3 Å². The molecule has 3 aromatic heterocycles. The van der Waals surface area contributed by atoms with Gasteiger partial charge < -0.3 is 11.1 Å². The van der Waals surface area contributed by atoms with Crippen molar-refractivity contribution in [2.24, 2.45) is 5.73 Å². The molecule has 0 saturated heterocycles. The van der Waals surface area contributed by atoms with Crippen LogP contribution in [0.3, 0.4) is 0 Å². The molecule has 1 aliphatic rings. The van der Waals surface area contributed by atoms with Gasteiger partial charge in [0.05, 0.1) is 5.39 Å². The number of rotatable bonds is 4. The zero-order valence-corrected chi connectivity index (χ0v) is 16.0. The van der Waals surface area contributed by atoms with Gasteiger partial charge in [-0.15, -0.1) is 11.3 Å². The second-order valence-corrected chi connectivity index (χ2v) is 8.17. The van der Waals surface area contributed by atoms with Crippen molar-refractivity contribution in [1.29, 1.82) is 0 Å². The first-order valence-electron chi connectivity index (χ1n) is 9.44. The standard InChI is InChI=1S/C20H25N5S/c1-13(21)12-23-19-17-15-6-4-2-3-5-7-16(15)26-20(17)25-18(24-19)14-8-10-22-11-9-14/h8-11,13H,2-7,12,21H2,1H3,(H,23,24,25)/t13-/m0/s1. The zero-order chi connectivity index (χ0) is 17.9. The number of thiophene rings is 1. The molecule has 0 aromatic carbocycles. The summed E-state index contributed by atoms with van der Waals surface area (Å²) < 4.78 is 0. The molecule has 0 radical (unpaired) electrons. The van der Waals surface area contributed by atoms with Crippen LogP contribution in [0.25, 0.3) is 21.6 Å². The van der Waals surface area contributed by atoms with Crippen LogP contribution < -0.4 is 11.1 Å². The summed E-state index contributed by atoms with van der Waals surface area (Å²) in [6.45, 7) is 2.71. The molecule has 5 nitrogen and oxygen atoms in total. The zero-order valence-electron chi connectivity index (χ0n) is 15.2. The third kappa shape index (κ3) is 3.57. The monoisotopic (exact) mass is 367 g/mol. The molecular formula is C20H25N5S. The maximum absolute atomic E-state index is 5.98. The van der Waals surface area contributed by atoms with Gasteiger partial charge in [-0.25, -0.2) is 9.97 Å². The van der Waals surface area contributed by atoms with Crippen molar-refractivity contribution in [2.45, 2.75) is 51.5 Å². The van der Waals surface area contributed by atoms with Crippen molar-refractivity contribution in [3.8, 4) is 11.4 Å². The summed E-state index contributed by atoms with van der Waals surface area (Å²) in [6, 6.07) is 3.99. The van der Waals surface area contributed by atoms with E-state index in [2.05, 4.69) is 10.3 Å². The number of pyridine rings is 1. The highest BCUT2D eigenvalue weighted by atomic mass is 32.1. The second kappa shape index (κ2) is 7.68.